The van der Waals surface area contributed by atoms with Crippen LogP contribution in [0.15, 0.2) is 47.7 Å². The lowest BCUT2D eigenvalue weighted by atomic mass is 10.0. The summed E-state index contributed by atoms with van der Waals surface area (Å²) in [6.07, 6.45) is 9.20. The molecule has 0 N–H and O–H groups in total. The van der Waals surface area contributed by atoms with Crippen molar-refractivity contribution < 1.29 is 0 Å². The van der Waals surface area contributed by atoms with Crippen LogP contribution in [-0.4, -0.2) is 42.3 Å². The van der Waals surface area contributed by atoms with Crippen LogP contribution in [0.3, 0.4) is 0 Å². The molecule has 0 aliphatic carbocycles. The minimum atomic E-state index is -0.0430. The number of likely N-dealkylation sites (tertiary alicyclic amines) is 1. The summed E-state index contributed by atoms with van der Waals surface area (Å²) in [6.45, 7) is 4.62. The van der Waals surface area contributed by atoms with Crippen LogP contribution in [0, 0.1) is 5.92 Å². The molecule has 3 aromatic heterocycles. The lowest BCUT2D eigenvalue weighted by Gasteiger charge is -2.39. The van der Waals surface area contributed by atoms with Gasteiger partial charge in [-0.3, -0.25) is 14.7 Å². The Labute approximate surface area is 163 Å². The molecule has 1 fully saturated rings. The summed E-state index contributed by atoms with van der Waals surface area (Å²) in [6, 6.07) is 7.21. The first-order valence-corrected chi connectivity index (χ1v) is 10.0. The molecule has 5 rings (SSSR count). The first kappa shape index (κ1) is 17.3. The fraction of sp³-hybridized carbons (Fsp3) is 0.429. The number of aryl methyl sites for hydroxylation is 1. The van der Waals surface area contributed by atoms with Gasteiger partial charge in [0.2, 0.25) is 0 Å². The lowest BCUT2D eigenvalue weighted by Crippen LogP contribution is -2.49. The third-order valence-corrected chi connectivity index (χ3v) is 5.76. The molecule has 5 heterocycles. The highest BCUT2D eigenvalue weighted by atomic mass is 16.1. The minimum absolute atomic E-state index is 0.0430. The zero-order chi connectivity index (χ0) is 18.9. The Hall–Kier alpha value is -2.80. The first-order chi connectivity index (χ1) is 13.8. The maximum atomic E-state index is 12.2. The lowest BCUT2D eigenvalue weighted by molar-refractivity contribution is 0.0727. The van der Waals surface area contributed by atoms with Gasteiger partial charge in [-0.15, -0.1) is 0 Å². The van der Waals surface area contributed by atoms with E-state index in [1.54, 1.807) is 29.2 Å². The van der Waals surface area contributed by atoms with E-state index in [0.29, 0.717) is 12.5 Å². The SMILES string of the molecule is O=c1ccc(-c2ccncc2)nn1CC1CN(Cc2ncc3n2CCCC3)C1. The predicted octanol–water partition coefficient (Wildman–Crippen LogP) is 1.97. The molecule has 0 bridgehead atoms. The molecule has 2 aliphatic rings. The van der Waals surface area contributed by atoms with Crippen molar-refractivity contribution in [3.8, 4) is 11.3 Å². The number of imidazole rings is 1. The van der Waals surface area contributed by atoms with Gasteiger partial charge in [-0.1, -0.05) is 0 Å². The quantitative estimate of drug-likeness (QED) is 0.681. The van der Waals surface area contributed by atoms with E-state index in [4.69, 9.17) is 0 Å². The zero-order valence-electron chi connectivity index (χ0n) is 15.9. The number of aromatic nitrogens is 5. The Morgan fingerprint density at radius 1 is 1.07 bits per heavy atom. The Morgan fingerprint density at radius 2 is 1.93 bits per heavy atom. The maximum Gasteiger partial charge on any atom is 0.266 e. The highest BCUT2D eigenvalue weighted by molar-refractivity contribution is 5.56. The molecule has 0 saturated carbocycles. The van der Waals surface area contributed by atoms with Crippen LogP contribution >= 0.6 is 0 Å². The predicted molar refractivity (Wildman–Crippen MR) is 106 cm³/mol. The van der Waals surface area contributed by atoms with Crippen molar-refractivity contribution in [3.63, 3.8) is 0 Å². The first-order valence-electron chi connectivity index (χ1n) is 10.0. The normalized spacial score (nSPS) is 17.3. The molecule has 0 atom stereocenters. The van der Waals surface area contributed by atoms with E-state index in [0.717, 1.165) is 43.9 Å². The van der Waals surface area contributed by atoms with Gasteiger partial charge >= 0.3 is 0 Å². The smallest absolute Gasteiger partial charge is 0.266 e. The van der Waals surface area contributed by atoms with Crippen LogP contribution < -0.4 is 5.56 Å². The second kappa shape index (κ2) is 7.31. The van der Waals surface area contributed by atoms with Gasteiger partial charge in [-0.2, -0.15) is 5.10 Å². The summed E-state index contributed by atoms with van der Waals surface area (Å²) in [5, 5.41) is 4.56. The molecule has 7 heteroatoms. The standard InChI is InChI=1S/C21H24N6O/c28-21-5-4-19(17-6-8-22-9-7-17)24-27(21)14-16-12-25(13-16)15-20-23-11-18-3-1-2-10-26(18)20/h4-9,11,16H,1-3,10,12-15H2. The van der Waals surface area contributed by atoms with Gasteiger partial charge in [0.05, 0.1) is 18.8 Å². The molecular formula is C21H24N6O. The van der Waals surface area contributed by atoms with E-state index in [1.807, 2.05) is 18.3 Å². The highest BCUT2D eigenvalue weighted by Crippen LogP contribution is 2.22. The third-order valence-electron chi connectivity index (χ3n) is 5.76. The Morgan fingerprint density at radius 3 is 2.79 bits per heavy atom. The van der Waals surface area contributed by atoms with Crippen molar-refractivity contribution >= 4 is 0 Å². The van der Waals surface area contributed by atoms with E-state index in [-0.39, 0.29) is 5.56 Å². The van der Waals surface area contributed by atoms with Crippen molar-refractivity contribution in [2.24, 2.45) is 5.92 Å². The van der Waals surface area contributed by atoms with E-state index < -0.39 is 0 Å². The summed E-state index contributed by atoms with van der Waals surface area (Å²) < 4.78 is 4.00. The third kappa shape index (κ3) is 3.38. The summed E-state index contributed by atoms with van der Waals surface area (Å²) >= 11 is 0. The van der Waals surface area contributed by atoms with Gasteiger partial charge < -0.3 is 4.57 Å². The van der Waals surface area contributed by atoms with Crippen LogP contribution in [0.4, 0.5) is 0 Å². The molecule has 144 valence electrons. The topological polar surface area (TPSA) is 68.8 Å². The molecule has 3 aromatic rings. The van der Waals surface area contributed by atoms with Crippen molar-refractivity contribution in [2.45, 2.75) is 38.9 Å². The summed E-state index contributed by atoms with van der Waals surface area (Å²) in [5.41, 5.74) is 3.12. The van der Waals surface area contributed by atoms with Crippen molar-refractivity contribution in [3.05, 3.63) is 64.7 Å². The maximum absolute atomic E-state index is 12.2. The monoisotopic (exact) mass is 376 g/mol. The van der Waals surface area contributed by atoms with Gasteiger partial charge in [-0.25, -0.2) is 9.67 Å². The van der Waals surface area contributed by atoms with Crippen molar-refractivity contribution in [1.82, 2.24) is 29.2 Å². The second-order valence-corrected chi connectivity index (χ2v) is 7.81. The largest absolute Gasteiger partial charge is 0.331 e. The van der Waals surface area contributed by atoms with E-state index in [1.165, 1.54) is 24.4 Å². The fourth-order valence-electron chi connectivity index (χ4n) is 4.25. The molecular weight excluding hydrogens is 352 g/mol. The molecule has 0 radical (unpaired) electrons. The molecule has 0 amide bonds. The summed E-state index contributed by atoms with van der Waals surface area (Å²) in [7, 11) is 0. The highest BCUT2D eigenvalue weighted by Gasteiger charge is 2.29. The Bertz CT molecular complexity index is 1020. The molecule has 0 spiro atoms. The number of hydrogen-bond donors (Lipinski definition) is 0. The molecule has 7 nitrogen and oxygen atoms in total. The summed E-state index contributed by atoms with van der Waals surface area (Å²) in [4.78, 5) is 23.3. The average molecular weight is 376 g/mol. The van der Waals surface area contributed by atoms with Crippen LogP contribution in [0.2, 0.25) is 0 Å². The van der Waals surface area contributed by atoms with E-state index in [9.17, 15) is 4.79 Å². The number of rotatable bonds is 5. The van der Waals surface area contributed by atoms with Crippen LogP contribution in [0.25, 0.3) is 11.3 Å². The average Bonchev–Trinajstić information content (AvgIpc) is 3.11. The zero-order valence-corrected chi connectivity index (χ0v) is 15.9. The molecule has 1 saturated heterocycles. The number of nitrogens with zero attached hydrogens (tertiary/aromatic N) is 6. The Kier molecular flexibility index (Phi) is 4.52. The number of fused-ring (bicyclic) bond motifs is 1. The van der Waals surface area contributed by atoms with Gasteiger partial charge in [-0.05, 0) is 37.5 Å². The van der Waals surface area contributed by atoms with Crippen LogP contribution in [0.5, 0.6) is 0 Å². The van der Waals surface area contributed by atoms with Crippen molar-refractivity contribution in [2.75, 3.05) is 13.1 Å². The van der Waals surface area contributed by atoms with Gasteiger partial charge in [0, 0.05) is 61.5 Å². The van der Waals surface area contributed by atoms with Gasteiger partial charge in [0.1, 0.15) is 5.82 Å². The van der Waals surface area contributed by atoms with Crippen LogP contribution in [-0.2, 0) is 26.1 Å². The summed E-state index contributed by atoms with van der Waals surface area (Å²) in [5.74, 6) is 1.64. The fourth-order valence-corrected chi connectivity index (χ4v) is 4.25. The molecule has 28 heavy (non-hydrogen) atoms. The molecule has 0 aromatic carbocycles. The number of pyridine rings is 1. The van der Waals surface area contributed by atoms with Crippen LogP contribution in [0.1, 0.15) is 24.4 Å². The van der Waals surface area contributed by atoms with E-state index >= 15 is 0 Å². The number of hydrogen-bond acceptors (Lipinski definition) is 5. The Balaban J connectivity index is 1.22. The van der Waals surface area contributed by atoms with E-state index in [2.05, 4.69) is 24.5 Å². The minimum Gasteiger partial charge on any atom is -0.331 e. The van der Waals surface area contributed by atoms with Crippen molar-refractivity contribution in [1.29, 1.82) is 0 Å². The second-order valence-electron chi connectivity index (χ2n) is 7.81. The van der Waals surface area contributed by atoms with Gasteiger partial charge in [0.15, 0.2) is 0 Å². The van der Waals surface area contributed by atoms with Gasteiger partial charge in [0.25, 0.3) is 5.56 Å². The molecule has 0 unspecified atom stereocenters. The molecule has 2 aliphatic heterocycles.